The van der Waals surface area contributed by atoms with Crippen LogP contribution in [0.5, 0.6) is 0 Å². The highest BCUT2D eigenvalue weighted by Gasteiger charge is 2.36. The van der Waals surface area contributed by atoms with E-state index in [1.54, 1.807) is 30.3 Å². The largest absolute Gasteiger partial charge is 0.342 e. The molecule has 0 aliphatic carbocycles. The molecule has 0 bridgehead atoms. The van der Waals surface area contributed by atoms with Gasteiger partial charge in [0.25, 0.3) is 11.8 Å². The minimum Gasteiger partial charge on any atom is -0.342 e. The topological polar surface area (TPSA) is 54.3 Å². The van der Waals surface area contributed by atoms with E-state index in [0.29, 0.717) is 22.2 Å². The first-order valence-corrected chi connectivity index (χ1v) is 12.5. The van der Waals surface area contributed by atoms with Gasteiger partial charge in [-0.25, -0.2) is 0 Å². The molecule has 1 aromatic heterocycles. The molecule has 0 saturated carbocycles. The second-order valence-corrected chi connectivity index (χ2v) is 10.00. The number of amides is 2. The van der Waals surface area contributed by atoms with Crippen molar-refractivity contribution in [3.8, 4) is 0 Å². The summed E-state index contributed by atoms with van der Waals surface area (Å²) < 4.78 is 2.02. The first kappa shape index (κ1) is 24.8. The van der Waals surface area contributed by atoms with Crippen LogP contribution in [0.1, 0.15) is 11.1 Å². The maximum Gasteiger partial charge on any atom is 0.270 e. The third kappa shape index (κ3) is 4.51. The van der Waals surface area contributed by atoms with E-state index in [1.807, 2.05) is 47.2 Å². The molecule has 1 aliphatic heterocycles. The van der Waals surface area contributed by atoms with Gasteiger partial charge in [0, 0.05) is 29.2 Å². The number of rotatable bonds is 4. The Hall–Kier alpha value is -2.87. The van der Waals surface area contributed by atoms with Gasteiger partial charge in [0.15, 0.2) is 5.11 Å². The van der Waals surface area contributed by atoms with Crippen LogP contribution in [-0.2, 0) is 16.1 Å². The fourth-order valence-corrected chi connectivity index (χ4v) is 5.03. The maximum absolute atomic E-state index is 13.5. The van der Waals surface area contributed by atoms with Crippen molar-refractivity contribution in [2.75, 3.05) is 4.90 Å². The van der Waals surface area contributed by atoms with Gasteiger partial charge in [0.2, 0.25) is 0 Å². The van der Waals surface area contributed by atoms with Crippen molar-refractivity contribution in [3.05, 3.63) is 104 Å². The summed E-state index contributed by atoms with van der Waals surface area (Å²) in [6.45, 7) is 0.509. The van der Waals surface area contributed by atoms with Crippen molar-refractivity contribution in [1.29, 1.82) is 0 Å². The van der Waals surface area contributed by atoms with Crippen LogP contribution in [0.2, 0.25) is 20.1 Å². The molecule has 4 aromatic rings. The van der Waals surface area contributed by atoms with E-state index in [-0.39, 0.29) is 26.4 Å². The highest BCUT2D eigenvalue weighted by molar-refractivity contribution is 7.80. The lowest BCUT2D eigenvalue weighted by atomic mass is 10.1. The molecule has 1 aliphatic rings. The van der Waals surface area contributed by atoms with E-state index in [0.717, 1.165) is 16.5 Å². The summed E-state index contributed by atoms with van der Waals surface area (Å²) in [5.41, 5.74) is 2.76. The minimum absolute atomic E-state index is 0.0756. The Bertz CT molecular complexity index is 1610. The van der Waals surface area contributed by atoms with E-state index in [1.165, 1.54) is 4.90 Å². The smallest absolute Gasteiger partial charge is 0.270 e. The zero-order chi connectivity index (χ0) is 25.6. The zero-order valence-corrected chi connectivity index (χ0v) is 22.1. The molecular weight excluding hydrogens is 560 g/mol. The van der Waals surface area contributed by atoms with Crippen LogP contribution < -0.4 is 10.2 Å². The molecule has 2 amide bonds. The average Bonchev–Trinajstić information content (AvgIpc) is 3.19. The molecule has 5 rings (SSSR count). The summed E-state index contributed by atoms with van der Waals surface area (Å²) in [5, 5.41) is 4.73. The summed E-state index contributed by atoms with van der Waals surface area (Å²) in [6.07, 6.45) is 3.43. The van der Waals surface area contributed by atoms with Crippen LogP contribution in [0.25, 0.3) is 17.0 Å². The molecule has 0 atom stereocenters. The van der Waals surface area contributed by atoms with Crippen LogP contribution in [0.4, 0.5) is 5.69 Å². The Labute approximate surface area is 231 Å². The third-order valence-corrected chi connectivity index (χ3v) is 7.56. The van der Waals surface area contributed by atoms with Crippen LogP contribution in [0.3, 0.4) is 0 Å². The van der Waals surface area contributed by atoms with E-state index in [9.17, 15) is 9.59 Å². The lowest BCUT2D eigenvalue weighted by molar-refractivity contribution is -0.122. The van der Waals surface area contributed by atoms with Gasteiger partial charge in [-0.1, -0.05) is 76.7 Å². The van der Waals surface area contributed by atoms with Gasteiger partial charge in [-0.3, -0.25) is 19.8 Å². The highest BCUT2D eigenvalue weighted by Crippen LogP contribution is 2.35. The van der Waals surface area contributed by atoms with Gasteiger partial charge < -0.3 is 4.57 Å². The number of carbonyl (C=O) groups excluding carboxylic acids is 2. The number of hydrogen-bond donors (Lipinski definition) is 1. The van der Waals surface area contributed by atoms with Crippen molar-refractivity contribution in [2.24, 2.45) is 0 Å². The standard InChI is InChI=1S/C26H15Cl4N3O2S/c27-18-9-8-14(10-20(18)29)12-32-13-15(16-4-1-2-6-21(16)32)11-17-24(34)31-26(36)33(25(17)35)22-7-3-5-19(28)23(22)30/h1-11,13H,12H2,(H,31,34,36)/b17-11+. The predicted molar refractivity (Wildman–Crippen MR) is 150 cm³/mol. The van der Waals surface area contributed by atoms with Crippen molar-refractivity contribution in [2.45, 2.75) is 6.54 Å². The Morgan fingerprint density at radius 2 is 1.67 bits per heavy atom. The van der Waals surface area contributed by atoms with Gasteiger partial charge in [-0.15, -0.1) is 0 Å². The van der Waals surface area contributed by atoms with Crippen LogP contribution >= 0.6 is 58.6 Å². The van der Waals surface area contributed by atoms with Crippen molar-refractivity contribution >= 4 is 98.2 Å². The number of benzene rings is 3. The van der Waals surface area contributed by atoms with Gasteiger partial charge in [0.05, 0.1) is 25.8 Å². The quantitative estimate of drug-likeness (QED) is 0.160. The lowest BCUT2D eigenvalue weighted by Gasteiger charge is -2.29. The average molecular weight is 575 g/mol. The van der Waals surface area contributed by atoms with Crippen molar-refractivity contribution in [3.63, 3.8) is 0 Å². The van der Waals surface area contributed by atoms with Crippen LogP contribution in [0.15, 0.2) is 72.4 Å². The van der Waals surface area contributed by atoms with E-state index < -0.39 is 11.8 Å². The summed E-state index contributed by atoms with van der Waals surface area (Å²) in [6, 6.07) is 18.0. The second kappa shape index (κ2) is 9.88. The zero-order valence-electron chi connectivity index (χ0n) is 18.3. The molecule has 1 saturated heterocycles. The Morgan fingerprint density at radius 3 is 2.44 bits per heavy atom. The number of halogens is 4. The summed E-state index contributed by atoms with van der Waals surface area (Å²) in [7, 11) is 0. The first-order chi connectivity index (χ1) is 17.2. The van der Waals surface area contributed by atoms with Crippen molar-refractivity contribution < 1.29 is 9.59 Å². The van der Waals surface area contributed by atoms with Crippen LogP contribution in [0, 0.1) is 0 Å². The second-order valence-electron chi connectivity index (χ2n) is 8.01. The van der Waals surface area contributed by atoms with Crippen molar-refractivity contribution in [1.82, 2.24) is 9.88 Å². The Kier molecular flexibility index (Phi) is 6.81. The van der Waals surface area contributed by atoms with Crippen LogP contribution in [-0.4, -0.2) is 21.5 Å². The number of anilines is 1. The third-order valence-electron chi connectivity index (χ3n) is 5.73. The first-order valence-electron chi connectivity index (χ1n) is 10.6. The highest BCUT2D eigenvalue weighted by atomic mass is 35.5. The Balaban J connectivity index is 1.58. The fourth-order valence-electron chi connectivity index (χ4n) is 4.05. The van der Waals surface area contributed by atoms with E-state index in [4.69, 9.17) is 58.6 Å². The van der Waals surface area contributed by atoms with Gasteiger partial charge in [0.1, 0.15) is 5.57 Å². The summed E-state index contributed by atoms with van der Waals surface area (Å²) in [5.74, 6) is -1.20. The molecule has 0 unspecified atom stereocenters. The Morgan fingerprint density at radius 1 is 0.889 bits per heavy atom. The maximum atomic E-state index is 13.5. The van der Waals surface area contributed by atoms with Gasteiger partial charge in [-0.05, 0) is 54.2 Å². The van der Waals surface area contributed by atoms with Gasteiger partial charge in [-0.2, -0.15) is 0 Å². The molecule has 0 radical (unpaired) electrons. The molecule has 0 spiro atoms. The monoisotopic (exact) mass is 573 g/mol. The summed E-state index contributed by atoms with van der Waals surface area (Å²) >= 11 is 30.0. The number of aromatic nitrogens is 1. The predicted octanol–water partition coefficient (Wildman–Crippen LogP) is 7.13. The number of hydrogen-bond acceptors (Lipinski definition) is 3. The molecule has 10 heteroatoms. The number of thiocarbonyl (C=S) groups is 1. The number of fused-ring (bicyclic) bond motifs is 1. The fraction of sp³-hybridized carbons (Fsp3) is 0.0385. The molecule has 3 aromatic carbocycles. The summed E-state index contributed by atoms with van der Waals surface area (Å²) in [4.78, 5) is 27.5. The normalized spacial score (nSPS) is 15.2. The molecule has 36 heavy (non-hydrogen) atoms. The molecule has 2 heterocycles. The number of carbonyl (C=O) groups is 2. The van der Waals surface area contributed by atoms with E-state index in [2.05, 4.69) is 5.32 Å². The molecule has 5 nitrogen and oxygen atoms in total. The number of nitrogens with one attached hydrogen (secondary N) is 1. The van der Waals surface area contributed by atoms with E-state index >= 15 is 0 Å². The van der Waals surface area contributed by atoms with Gasteiger partial charge >= 0.3 is 0 Å². The molecule has 180 valence electrons. The molecule has 1 fully saturated rings. The number of nitrogens with zero attached hydrogens (tertiary/aromatic N) is 2. The lowest BCUT2D eigenvalue weighted by Crippen LogP contribution is -2.54. The SMILES string of the molecule is O=C1NC(=S)N(c2cccc(Cl)c2Cl)C(=O)/C1=C/c1cn(Cc2ccc(Cl)c(Cl)c2)c2ccccc12. The number of para-hydroxylation sites is 1. The molecular formula is C26H15Cl4N3O2S. The minimum atomic E-state index is -0.603. The molecule has 1 N–H and O–H groups in total.